The minimum absolute atomic E-state index is 0.121. The molecular formula is C9H6BrF3N2O2. The van der Waals surface area contributed by atoms with Gasteiger partial charge in [0.05, 0.1) is 0 Å². The molecule has 0 fully saturated rings. The fourth-order valence-corrected chi connectivity index (χ4v) is 1.12. The molecular weight excluding hydrogens is 305 g/mol. The predicted molar refractivity (Wildman–Crippen MR) is 55.8 cm³/mol. The molecule has 0 aliphatic heterocycles. The molecule has 0 radical (unpaired) electrons. The SMILES string of the molecule is O=C(NNC(=O)C(F)(F)F)c1ccc(Br)cc1. The summed E-state index contributed by atoms with van der Waals surface area (Å²) >= 11 is 3.13. The Bertz CT molecular complexity index is 431. The summed E-state index contributed by atoms with van der Waals surface area (Å²) in [5.41, 5.74) is 3.03. The summed E-state index contributed by atoms with van der Waals surface area (Å²) in [6.07, 6.45) is -5.03. The summed E-state index contributed by atoms with van der Waals surface area (Å²) in [5, 5.41) is 0. The molecule has 1 aromatic rings. The van der Waals surface area contributed by atoms with Crippen molar-refractivity contribution in [2.45, 2.75) is 6.18 Å². The van der Waals surface area contributed by atoms with Crippen LogP contribution in [0.25, 0.3) is 0 Å². The van der Waals surface area contributed by atoms with Crippen molar-refractivity contribution in [1.82, 2.24) is 10.9 Å². The van der Waals surface area contributed by atoms with Crippen molar-refractivity contribution in [2.24, 2.45) is 0 Å². The maximum Gasteiger partial charge on any atom is 0.472 e. The highest BCUT2D eigenvalue weighted by atomic mass is 79.9. The summed E-state index contributed by atoms with van der Waals surface area (Å²) in [4.78, 5) is 21.7. The Labute approximate surface area is 102 Å². The highest BCUT2D eigenvalue weighted by molar-refractivity contribution is 9.10. The lowest BCUT2D eigenvalue weighted by Gasteiger charge is -2.09. The van der Waals surface area contributed by atoms with E-state index in [1.807, 2.05) is 0 Å². The third kappa shape index (κ3) is 4.06. The van der Waals surface area contributed by atoms with E-state index in [4.69, 9.17) is 0 Å². The summed E-state index contributed by atoms with van der Waals surface area (Å²) in [5.74, 6) is -3.07. The summed E-state index contributed by atoms with van der Waals surface area (Å²) < 4.78 is 36.1. The summed E-state index contributed by atoms with van der Waals surface area (Å²) in [7, 11) is 0. The number of halogens is 4. The van der Waals surface area contributed by atoms with Gasteiger partial charge in [0.1, 0.15) is 0 Å². The van der Waals surface area contributed by atoms with Gasteiger partial charge in [-0.15, -0.1) is 0 Å². The van der Waals surface area contributed by atoms with Crippen LogP contribution in [0.3, 0.4) is 0 Å². The van der Waals surface area contributed by atoms with E-state index in [-0.39, 0.29) is 5.56 Å². The molecule has 0 aliphatic carbocycles. The standard InChI is InChI=1S/C9H6BrF3N2O2/c10-6-3-1-5(2-4-6)7(16)14-15-8(17)9(11,12)13/h1-4H,(H,14,16)(H,15,17). The summed E-state index contributed by atoms with van der Waals surface area (Å²) in [6.45, 7) is 0. The molecule has 8 heteroatoms. The highest BCUT2D eigenvalue weighted by Crippen LogP contribution is 2.13. The maximum atomic E-state index is 11.8. The van der Waals surface area contributed by atoms with Crippen molar-refractivity contribution >= 4 is 27.7 Å². The molecule has 1 rings (SSSR count). The molecule has 0 aromatic heterocycles. The van der Waals surface area contributed by atoms with E-state index in [1.54, 1.807) is 17.6 Å². The average molecular weight is 311 g/mol. The number of hydrogen-bond acceptors (Lipinski definition) is 2. The molecule has 0 saturated heterocycles. The van der Waals surface area contributed by atoms with Crippen LogP contribution in [-0.2, 0) is 4.79 Å². The minimum Gasteiger partial charge on any atom is -0.267 e. The van der Waals surface area contributed by atoms with Crippen molar-refractivity contribution in [2.75, 3.05) is 0 Å². The Morgan fingerprint density at radius 3 is 2.06 bits per heavy atom. The second-order valence-corrected chi connectivity index (χ2v) is 3.83. The van der Waals surface area contributed by atoms with Crippen molar-refractivity contribution in [1.29, 1.82) is 0 Å². The fourth-order valence-electron chi connectivity index (χ4n) is 0.858. The van der Waals surface area contributed by atoms with Crippen LogP contribution in [0.15, 0.2) is 28.7 Å². The molecule has 0 saturated carbocycles. The first kappa shape index (κ1) is 13.5. The van der Waals surface area contributed by atoms with Gasteiger partial charge in [-0.2, -0.15) is 13.2 Å². The number of benzene rings is 1. The van der Waals surface area contributed by atoms with Gasteiger partial charge in [-0.05, 0) is 24.3 Å². The van der Waals surface area contributed by atoms with Crippen molar-refractivity contribution < 1.29 is 22.8 Å². The number of amides is 2. The number of nitrogens with one attached hydrogen (secondary N) is 2. The first-order valence-corrected chi connectivity index (χ1v) is 5.03. The van der Waals surface area contributed by atoms with Gasteiger partial charge in [0.25, 0.3) is 5.91 Å². The molecule has 0 spiro atoms. The van der Waals surface area contributed by atoms with Gasteiger partial charge in [0.2, 0.25) is 0 Å². The molecule has 4 nitrogen and oxygen atoms in total. The van der Waals surface area contributed by atoms with Crippen LogP contribution in [0.2, 0.25) is 0 Å². The lowest BCUT2D eigenvalue weighted by molar-refractivity contribution is -0.174. The normalized spacial score (nSPS) is 10.8. The largest absolute Gasteiger partial charge is 0.472 e. The molecule has 17 heavy (non-hydrogen) atoms. The molecule has 0 atom stereocenters. The Morgan fingerprint density at radius 1 is 1.06 bits per heavy atom. The van der Waals surface area contributed by atoms with E-state index in [2.05, 4.69) is 15.9 Å². The Morgan fingerprint density at radius 2 is 1.59 bits per heavy atom. The second-order valence-electron chi connectivity index (χ2n) is 2.91. The third-order valence-electron chi connectivity index (χ3n) is 1.65. The lowest BCUT2D eigenvalue weighted by atomic mass is 10.2. The number of alkyl halides is 3. The molecule has 0 aliphatic rings. The van der Waals surface area contributed by atoms with Crippen molar-refractivity contribution in [3.8, 4) is 0 Å². The second kappa shape index (κ2) is 5.17. The van der Waals surface area contributed by atoms with E-state index in [9.17, 15) is 22.8 Å². The smallest absolute Gasteiger partial charge is 0.267 e. The van der Waals surface area contributed by atoms with Gasteiger partial charge >= 0.3 is 12.1 Å². The van der Waals surface area contributed by atoms with E-state index >= 15 is 0 Å². The molecule has 1 aromatic carbocycles. The fraction of sp³-hybridized carbons (Fsp3) is 0.111. The van der Waals surface area contributed by atoms with Crippen LogP contribution >= 0.6 is 15.9 Å². The molecule has 0 unspecified atom stereocenters. The van der Waals surface area contributed by atoms with Crippen LogP contribution in [0.5, 0.6) is 0 Å². The van der Waals surface area contributed by atoms with Crippen LogP contribution < -0.4 is 10.9 Å². The van der Waals surface area contributed by atoms with Crippen molar-refractivity contribution in [3.05, 3.63) is 34.3 Å². The van der Waals surface area contributed by atoms with Crippen molar-refractivity contribution in [3.63, 3.8) is 0 Å². The molecule has 2 N–H and O–H groups in total. The average Bonchev–Trinajstić information content (AvgIpc) is 2.25. The van der Waals surface area contributed by atoms with Crippen LogP contribution in [0.1, 0.15) is 10.4 Å². The number of carbonyl (C=O) groups excluding carboxylic acids is 2. The number of hydrazine groups is 1. The maximum absolute atomic E-state index is 11.8. The zero-order valence-electron chi connectivity index (χ0n) is 8.14. The Balaban J connectivity index is 2.56. The monoisotopic (exact) mass is 310 g/mol. The van der Waals surface area contributed by atoms with E-state index < -0.39 is 18.0 Å². The zero-order chi connectivity index (χ0) is 13.1. The zero-order valence-corrected chi connectivity index (χ0v) is 9.72. The van der Waals surface area contributed by atoms with Gasteiger partial charge in [0.15, 0.2) is 0 Å². The van der Waals surface area contributed by atoms with Gasteiger partial charge in [-0.25, -0.2) is 0 Å². The van der Waals surface area contributed by atoms with E-state index in [0.717, 1.165) is 0 Å². The third-order valence-corrected chi connectivity index (χ3v) is 2.18. The topological polar surface area (TPSA) is 58.2 Å². The Kier molecular flexibility index (Phi) is 4.11. The first-order valence-electron chi connectivity index (χ1n) is 4.24. The molecule has 0 heterocycles. The van der Waals surface area contributed by atoms with Gasteiger partial charge in [0, 0.05) is 10.0 Å². The van der Waals surface area contributed by atoms with Gasteiger partial charge in [-0.3, -0.25) is 20.4 Å². The van der Waals surface area contributed by atoms with Crippen LogP contribution in [0, 0.1) is 0 Å². The number of carbonyl (C=O) groups is 2. The highest BCUT2D eigenvalue weighted by Gasteiger charge is 2.38. The number of hydrogen-bond donors (Lipinski definition) is 2. The lowest BCUT2D eigenvalue weighted by Crippen LogP contribution is -2.47. The van der Waals surface area contributed by atoms with Crippen LogP contribution in [0.4, 0.5) is 13.2 Å². The van der Waals surface area contributed by atoms with Gasteiger partial charge in [-0.1, -0.05) is 15.9 Å². The molecule has 0 bridgehead atoms. The quantitative estimate of drug-likeness (QED) is 0.777. The van der Waals surface area contributed by atoms with E-state index in [0.29, 0.717) is 4.47 Å². The minimum atomic E-state index is -5.03. The number of rotatable bonds is 1. The first-order chi connectivity index (χ1) is 7.80. The summed E-state index contributed by atoms with van der Waals surface area (Å²) in [6, 6.07) is 5.86. The molecule has 2 amide bonds. The van der Waals surface area contributed by atoms with E-state index in [1.165, 1.54) is 17.6 Å². The predicted octanol–water partition coefficient (Wildman–Crippen LogP) is 1.77. The Hall–Kier alpha value is -1.57. The van der Waals surface area contributed by atoms with Gasteiger partial charge < -0.3 is 0 Å². The molecule has 92 valence electrons. The van der Waals surface area contributed by atoms with Crippen LogP contribution in [-0.4, -0.2) is 18.0 Å².